The molecule has 0 aliphatic rings. The first-order chi connectivity index (χ1) is 14.7. The van der Waals surface area contributed by atoms with Crippen molar-refractivity contribution in [2.75, 3.05) is 0 Å². The van der Waals surface area contributed by atoms with Gasteiger partial charge in [-0.3, -0.25) is 4.79 Å². The summed E-state index contributed by atoms with van der Waals surface area (Å²) in [4.78, 5) is 15.2. The second kappa shape index (κ2) is 10.0. The van der Waals surface area contributed by atoms with Crippen LogP contribution in [-0.2, 0) is 24.4 Å². The van der Waals surface area contributed by atoms with Gasteiger partial charge in [-0.05, 0) is 54.5 Å². The third-order valence-corrected chi connectivity index (χ3v) is 5.51. The van der Waals surface area contributed by atoms with Gasteiger partial charge in [-0.1, -0.05) is 57.5 Å². The zero-order valence-corrected chi connectivity index (χ0v) is 19.6. The number of amides is 1. The third-order valence-electron chi connectivity index (χ3n) is 5.51. The van der Waals surface area contributed by atoms with Gasteiger partial charge in [-0.2, -0.15) is 0 Å². The number of benzene rings is 1. The maximum Gasteiger partial charge on any atom is 0.223 e. The van der Waals surface area contributed by atoms with E-state index in [0.29, 0.717) is 25.4 Å². The van der Waals surface area contributed by atoms with Crippen molar-refractivity contribution in [3.05, 3.63) is 83.6 Å². The molecule has 0 radical (unpaired) electrons. The van der Waals surface area contributed by atoms with Crippen LogP contribution in [0.25, 0.3) is 0 Å². The molecule has 4 nitrogen and oxygen atoms in total. The molecule has 3 aromatic rings. The van der Waals surface area contributed by atoms with E-state index in [-0.39, 0.29) is 11.3 Å². The fourth-order valence-corrected chi connectivity index (χ4v) is 4.20. The second-order valence-electron chi connectivity index (χ2n) is 10.0. The van der Waals surface area contributed by atoms with Crippen LogP contribution in [0, 0.1) is 18.3 Å². The van der Waals surface area contributed by atoms with Gasteiger partial charge in [0.2, 0.25) is 5.91 Å². The molecule has 0 saturated heterocycles. The number of nitrogens with zero attached hydrogens (tertiary/aromatic N) is 2. The summed E-state index contributed by atoms with van der Waals surface area (Å²) in [7, 11) is 0. The van der Waals surface area contributed by atoms with E-state index in [0.717, 1.165) is 24.4 Å². The molecule has 166 valence electrons. The van der Waals surface area contributed by atoms with Crippen molar-refractivity contribution in [2.24, 2.45) is 11.3 Å². The zero-order valence-electron chi connectivity index (χ0n) is 19.6. The Balaban J connectivity index is 1.74. The van der Waals surface area contributed by atoms with Gasteiger partial charge in [-0.25, -0.2) is 0 Å². The number of aromatic nitrogens is 1. The number of furan rings is 1. The van der Waals surface area contributed by atoms with Gasteiger partial charge in [0, 0.05) is 24.9 Å². The highest BCUT2D eigenvalue weighted by Gasteiger charge is 2.22. The molecule has 4 heteroatoms. The van der Waals surface area contributed by atoms with Crippen LogP contribution in [0.1, 0.15) is 63.1 Å². The van der Waals surface area contributed by atoms with Crippen LogP contribution >= 0.6 is 0 Å². The zero-order chi connectivity index (χ0) is 22.4. The maximum atomic E-state index is 13.3. The monoisotopic (exact) mass is 420 g/mol. The van der Waals surface area contributed by atoms with E-state index >= 15 is 0 Å². The van der Waals surface area contributed by atoms with Gasteiger partial charge in [0.15, 0.2) is 0 Å². The predicted molar refractivity (Wildman–Crippen MR) is 126 cm³/mol. The Labute approximate surface area is 186 Å². The molecule has 2 aromatic heterocycles. The van der Waals surface area contributed by atoms with Crippen LogP contribution < -0.4 is 0 Å². The molecule has 0 spiro atoms. The summed E-state index contributed by atoms with van der Waals surface area (Å²) < 4.78 is 7.78. The summed E-state index contributed by atoms with van der Waals surface area (Å²) in [6, 6.07) is 16.6. The fraction of sp³-hybridized carbons (Fsp3) is 0.444. The molecule has 31 heavy (non-hydrogen) atoms. The van der Waals surface area contributed by atoms with Crippen LogP contribution in [0.4, 0.5) is 0 Å². The fourth-order valence-electron chi connectivity index (χ4n) is 4.20. The van der Waals surface area contributed by atoms with Crippen LogP contribution in [0.3, 0.4) is 0 Å². The second-order valence-corrected chi connectivity index (χ2v) is 10.0. The Morgan fingerprint density at radius 2 is 1.81 bits per heavy atom. The molecule has 0 saturated carbocycles. The third kappa shape index (κ3) is 7.16. The van der Waals surface area contributed by atoms with Crippen LogP contribution in [0.2, 0.25) is 0 Å². The van der Waals surface area contributed by atoms with E-state index in [4.69, 9.17) is 4.42 Å². The average Bonchev–Trinajstić information content (AvgIpc) is 3.34. The molecule has 0 bridgehead atoms. The first-order valence-electron chi connectivity index (χ1n) is 11.2. The van der Waals surface area contributed by atoms with Crippen molar-refractivity contribution in [3.8, 4) is 0 Å². The molecule has 0 N–H and O–H groups in total. The number of rotatable bonds is 9. The Morgan fingerprint density at radius 1 is 1.06 bits per heavy atom. The van der Waals surface area contributed by atoms with Crippen molar-refractivity contribution < 1.29 is 9.21 Å². The van der Waals surface area contributed by atoms with Crippen molar-refractivity contribution in [1.29, 1.82) is 0 Å². The minimum Gasteiger partial charge on any atom is -0.467 e. The lowest BCUT2D eigenvalue weighted by Gasteiger charge is -2.27. The van der Waals surface area contributed by atoms with Crippen molar-refractivity contribution in [3.63, 3.8) is 0 Å². The maximum absolute atomic E-state index is 13.3. The van der Waals surface area contributed by atoms with E-state index < -0.39 is 0 Å². The minimum atomic E-state index is 0.177. The van der Waals surface area contributed by atoms with E-state index in [1.54, 1.807) is 6.26 Å². The smallest absolute Gasteiger partial charge is 0.223 e. The standard InChI is InChI=1S/C27H36N2O2/c1-21-10-12-23(13-11-21)18-28-14-6-8-24(28)19-29(20-25-9-7-15-31-25)26(30)16-22(2)17-27(3,4)5/h6-15,22H,16-20H2,1-5H3/t22-/m0/s1. The summed E-state index contributed by atoms with van der Waals surface area (Å²) in [6.07, 6.45) is 5.33. The van der Waals surface area contributed by atoms with Gasteiger partial charge >= 0.3 is 0 Å². The molecular formula is C27H36N2O2. The molecule has 0 aliphatic carbocycles. The number of carbonyl (C=O) groups is 1. The number of hydrogen-bond donors (Lipinski definition) is 0. The highest BCUT2D eigenvalue weighted by Crippen LogP contribution is 2.27. The van der Waals surface area contributed by atoms with Gasteiger partial charge in [0.1, 0.15) is 5.76 Å². The Morgan fingerprint density at radius 3 is 2.45 bits per heavy atom. The summed E-state index contributed by atoms with van der Waals surface area (Å²) in [5.41, 5.74) is 3.86. The molecule has 1 aromatic carbocycles. The number of hydrogen-bond acceptors (Lipinski definition) is 2. The van der Waals surface area contributed by atoms with E-state index in [9.17, 15) is 4.79 Å². The Kier molecular flexibility index (Phi) is 7.42. The highest BCUT2D eigenvalue weighted by molar-refractivity contribution is 5.76. The summed E-state index contributed by atoms with van der Waals surface area (Å²) in [5.74, 6) is 1.33. The largest absolute Gasteiger partial charge is 0.467 e. The SMILES string of the molecule is Cc1ccc(Cn2cccc2CN(Cc2ccco2)C(=O)C[C@H](C)CC(C)(C)C)cc1. The van der Waals surface area contributed by atoms with E-state index in [2.05, 4.69) is 81.8 Å². The van der Waals surface area contributed by atoms with Crippen LogP contribution in [0.15, 0.2) is 65.4 Å². The Bertz CT molecular complexity index is 946. The van der Waals surface area contributed by atoms with Gasteiger partial charge in [0.25, 0.3) is 0 Å². The predicted octanol–water partition coefficient (Wildman–Crippen LogP) is 6.43. The van der Waals surface area contributed by atoms with Gasteiger partial charge in [0.05, 0.1) is 19.4 Å². The summed E-state index contributed by atoms with van der Waals surface area (Å²) in [5, 5.41) is 0. The molecule has 1 amide bonds. The molecule has 0 aliphatic heterocycles. The molecule has 0 unspecified atom stereocenters. The Hall–Kier alpha value is -2.75. The van der Waals surface area contributed by atoms with E-state index in [1.165, 1.54) is 11.1 Å². The normalized spacial score (nSPS) is 12.7. The van der Waals surface area contributed by atoms with Crippen molar-refractivity contribution in [2.45, 2.75) is 67.1 Å². The van der Waals surface area contributed by atoms with Crippen molar-refractivity contribution >= 4 is 5.91 Å². The van der Waals surface area contributed by atoms with E-state index in [1.807, 2.05) is 17.0 Å². The molecule has 0 fully saturated rings. The number of carbonyl (C=O) groups excluding carboxylic acids is 1. The summed E-state index contributed by atoms with van der Waals surface area (Å²) >= 11 is 0. The topological polar surface area (TPSA) is 38.4 Å². The lowest BCUT2D eigenvalue weighted by molar-refractivity contribution is -0.133. The average molecular weight is 421 g/mol. The molecule has 3 rings (SSSR count). The first-order valence-corrected chi connectivity index (χ1v) is 11.2. The van der Waals surface area contributed by atoms with Crippen LogP contribution in [-0.4, -0.2) is 15.4 Å². The van der Waals surface area contributed by atoms with Gasteiger partial charge < -0.3 is 13.9 Å². The quantitative estimate of drug-likeness (QED) is 0.400. The lowest BCUT2D eigenvalue weighted by atomic mass is 9.84. The van der Waals surface area contributed by atoms with Crippen molar-refractivity contribution in [1.82, 2.24) is 9.47 Å². The number of aryl methyl sites for hydroxylation is 1. The minimum absolute atomic E-state index is 0.177. The van der Waals surface area contributed by atoms with Crippen LogP contribution in [0.5, 0.6) is 0 Å². The summed E-state index contributed by atoms with van der Waals surface area (Å²) in [6.45, 7) is 12.8. The first kappa shape index (κ1) is 22.9. The highest BCUT2D eigenvalue weighted by atomic mass is 16.3. The molecular weight excluding hydrogens is 384 g/mol. The lowest BCUT2D eigenvalue weighted by Crippen LogP contribution is -2.32. The van der Waals surface area contributed by atoms with Gasteiger partial charge in [-0.15, -0.1) is 0 Å². The molecule has 2 heterocycles. The molecule has 1 atom stereocenters.